The summed E-state index contributed by atoms with van der Waals surface area (Å²) in [5, 5.41) is 4.07. The number of hydrogen-bond donors (Lipinski definition) is 0. The second-order valence-electron chi connectivity index (χ2n) is 11.5. The molecule has 0 N–H and O–H groups in total. The maximum absolute atomic E-state index is 2.49. The summed E-state index contributed by atoms with van der Waals surface area (Å²) in [6.45, 7) is 4.73. The number of allylic oxidation sites excluding steroid dienone is 1. The zero-order valence-corrected chi connectivity index (χ0v) is 25.8. The van der Waals surface area contributed by atoms with Gasteiger partial charge in [0.05, 0.1) is 9.22 Å². The van der Waals surface area contributed by atoms with Gasteiger partial charge in [0.2, 0.25) is 0 Å². The molecule has 0 spiro atoms. The van der Waals surface area contributed by atoms with E-state index < -0.39 is 0 Å². The van der Waals surface area contributed by atoms with Gasteiger partial charge in [0.1, 0.15) is 0 Å². The predicted molar refractivity (Wildman–Crippen MR) is 187 cm³/mol. The Morgan fingerprint density at radius 1 is 0.659 bits per heavy atom. The van der Waals surface area contributed by atoms with Gasteiger partial charge in [-0.25, -0.2) is 0 Å². The first-order valence-corrected chi connectivity index (χ1v) is 17.2. The van der Waals surface area contributed by atoms with E-state index in [1.165, 1.54) is 79.4 Å². The summed E-state index contributed by atoms with van der Waals surface area (Å²) in [6, 6.07) is 38.6. The van der Waals surface area contributed by atoms with E-state index in [4.69, 9.17) is 0 Å². The Hall–Kier alpha value is -3.80. The van der Waals surface area contributed by atoms with E-state index in [1.54, 1.807) is 0 Å². The van der Waals surface area contributed by atoms with Gasteiger partial charge in [-0.1, -0.05) is 132 Å². The summed E-state index contributed by atoms with van der Waals surface area (Å²) < 4.78 is 9.12. The third kappa shape index (κ3) is 3.25. The lowest BCUT2D eigenvalue weighted by atomic mass is 9.82. The SMILES string of the molecule is CC1(C)c2ccccc2-c2c1ccc1c2sc2c(-c3ccc(-n4c5c(c6ccccc64)C=CC=I5)cc3)cccc21. The van der Waals surface area contributed by atoms with E-state index in [0.29, 0.717) is 0 Å². The van der Waals surface area contributed by atoms with Crippen molar-refractivity contribution in [3.8, 4) is 27.9 Å². The Bertz CT molecular complexity index is 2270. The van der Waals surface area contributed by atoms with Crippen molar-refractivity contribution in [2.45, 2.75) is 19.3 Å². The third-order valence-electron chi connectivity index (χ3n) is 9.00. The van der Waals surface area contributed by atoms with Crippen LogP contribution in [0.1, 0.15) is 30.5 Å². The number of aromatic nitrogens is 1. The molecule has 196 valence electrons. The van der Waals surface area contributed by atoms with Crippen molar-refractivity contribution in [1.29, 1.82) is 0 Å². The fourth-order valence-corrected chi connectivity index (χ4v) is 10.8. The van der Waals surface area contributed by atoms with E-state index in [2.05, 4.69) is 138 Å². The standard InChI is InChI=1S/C38H26INS/c1-38(2)31-14-5-3-10-30(31)34-32(38)21-20-28-27-12-7-11-25(35(27)41-36(28)34)23-16-18-24(19-17-23)40-33-15-6-4-9-26(33)29-13-8-22-39-37(29)40/h3-22H,1-2H3. The maximum atomic E-state index is 2.49. The van der Waals surface area contributed by atoms with Crippen LogP contribution in [0.3, 0.4) is 0 Å². The van der Waals surface area contributed by atoms with Crippen LogP contribution >= 0.6 is 32.1 Å². The molecule has 1 aliphatic carbocycles. The number of rotatable bonds is 2. The average Bonchev–Trinajstić information content (AvgIpc) is 3.64. The normalized spacial score (nSPS) is 14.8. The molecule has 1 nitrogen and oxygen atoms in total. The number of benzene rings is 5. The van der Waals surface area contributed by atoms with Crippen LogP contribution in [0.2, 0.25) is 0 Å². The maximum Gasteiger partial charge on any atom is 0.0872 e. The molecule has 3 heterocycles. The highest BCUT2D eigenvalue weighted by Crippen LogP contribution is 2.54. The molecule has 0 bridgehead atoms. The summed E-state index contributed by atoms with van der Waals surface area (Å²) in [4.78, 5) is 0. The van der Waals surface area contributed by atoms with Crippen LogP contribution in [0, 0.1) is 3.70 Å². The van der Waals surface area contributed by atoms with E-state index >= 15 is 0 Å². The minimum Gasteiger partial charge on any atom is -0.304 e. The second kappa shape index (κ2) is 8.60. The minimum atomic E-state index is -0.165. The summed E-state index contributed by atoms with van der Waals surface area (Å²) >= 11 is 1.80. The summed E-state index contributed by atoms with van der Waals surface area (Å²) in [6.07, 6.45) is 4.51. The molecule has 0 saturated carbocycles. The first-order valence-electron chi connectivity index (χ1n) is 14.1. The summed E-state index contributed by atoms with van der Waals surface area (Å²) in [5.74, 6) is 0. The van der Waals surface area contributed by atoms with Crippen molar-refractivity contribution >= 4 is 73.2 Å². The summed E-state index contributed by atoms with van der Waals surface area (Å²) in [5.41, 5.74) is 12.3. The lowest BCUT2D eigenvalue weighted by Crippen LogP contribution is -2.14. The molecule has 2 aromatic heterocycles. The van der Waals surface area contributed by atoms with Gasteiger partial charge in [-0.05, 0) is 50.0 Å². The van der Waals surface area contributed by atoms with Gasteiger partial charge in [0.15, 0.2) is 0 Å². The molecule has 7 aromatic rings. The van der Waals surface area contributed by atoms with Gasteiger partial charge in [-0.2, -0.15) is 0 Å². The van der Waals surface area contributed by atoms with Gasteiger partial charge >= 0.3 is 0 Å². The molecule has 2 aliphatic rings. The van der Waals surface area contributed by atoms with Crippen molar-refractivity contribution in [2.75, 3.05) is 0 Å². The zero-order chi connectivity index (χ0) is 27.3. The summed E-state index contributed by atoms with van der Waals surface area (Å²) in [7, 11) is 0. The smallest absolute Gasteiger partial charge is 0.0872 e. The lowest BCUT2D eigenvalue weighted by Gasteiger charge is -2.21. The first-order chi connectivity index (χ1) is 20.1. The van der Waals surface area contributed by atoms with Gasteiger partial charge in [0, 0.05) is 47.8 Å². The third-order valence-corrected chi connectivity index (χ3v) is 12.7. The largest absolute Gasteiger partial charge is 0.304 e. The average molecular weight is 656 g/mol. The molecule has 0 radical (unpaired) electrons. The predicted octanol–water partition coefficient (Wildman–Crippen LogP) is 10.9. The molecule has 3 heteroatoms. The fraction of sp³-hybridized carbons (Fsp3) is 0.0789. The molecule has 0 atom stereocenters. The van der Waals surface area contributed by atoms with Crippen molar-refractivity contribution in [2.24, 2.45) is 0 Å². The van der Waals surface area contributed by atoms with E-state index in [9.17, 15) is 0 Å². The number of thiophene rings is 1. The molecule has 9 rings (SSSR count). The lowest BCUT2D eigenvalue weighted by molar-refractivity contribution is 0.661. The Morgan fingerprint density at radius 2 is 1.41 bits per heavy atom. The zero-order valence-electron chi connectivity index (χ0n) is 22.8. The second-order valence-corrected chi connectivity index (χ2v) is 14.9. The van der Waals surface area contributed by atoms with E-state index in [1.807, 2.05) is 11.3 Å². The molecule has 0 fully saturated rings. The molecule has 41 heavy (non-hydrogen) atoms. The van der Waals surface area contributed by atoms with E-state index in [0.717, 1.165) is 0 Å². The van der Waals surface area contributed by atoms with E-state index in [-0.39, 0.29) is 26.1 Å². The molecular formula is C38H26INS. The minimum absolute atomic E-state index is 0.0204. The first kappa shape index (κ1) is 23.9. The number of para-hydroxylation sites is 1. The highest BCUT2D eigenvalue weighted by Gasteiger charge is 2.36. The van der Waals surface area contributed by atoms with Gasteiger partial charge in [-0.3, -0.25) is 0 Å². The van der Waals surface area contributed by atoms with Crippen LogP contribution in [0.25, 0.3) is 65.1 Å². The highest BCUT2D eigenvalue weighted by atomic mass is 127. The quantitative estimate of drug-likeness (QED) is 0.163. The fourth-order valence-electron chi connectivity index (χ4n) is 7.04. The number of fused-ring (bicyclic) bond motifs is 10. The Kier molecular flexibility index (Phi) is 5.01. The highest BCUT2D eigenvalue weighted by molar-refractivity contribution is 14.2. The van der Waals surface area contributed by atoms with Crippen LogP contribution < -0.4 is 0 Å². The van der Waals surface area contributed by atoms with Crippen molar-refractivity contribution in [1.82, 2.24) is 4.57 Å². The monoisotopic (exact) mass is 655 g/mol. The van der Waals surface area contributed by atoms with Crippen LogP contribution in [0.5, 0.6) is 0 Å². The molecule has 0 unspecified atom stereocenters. The Labute approximate surface area is 253 Å². The molecule has 5 aromatic carbocycles. The van der Waals surface area contributed by atoms with Gasteiger partial charge < -0.3 is 4.57 Å². The van der Waals surface area contributed by atoms with Crippen LogP contribution in [-0.4, -0.2) is 8.58 Å². The van der Waals surface area contributed by atoms with Crippen molar-refractivity contribution in [3.05, 3.63) is 130 Å². The van der Waals surface area contributed by atoms with Crippen LogP contribution in [0.4, 0.5) is 0 Å². The molecule has 0 amide bonds. The Balaban J connectivity index is 1.22. The van der Waals surface area contributed by atoms with Crippen LogP contribution in [-0.2, 0) is 5.41 Å². The molecule has 0 saturated heterocycles. The molecular weight excluding hydrogens is 629 g/mol. The van der Waals surface area contributed by atoms with Crippen molar-refractivity contribution in [3.63, 3.8) is 0 Å². The Morgan fingerprint density at radius 3 is 2.32 bits per heavy atom. The van der Waals surface area contributed by atoms with Gasteiger partial charge in [0.25, 0.3) is 0 Å². The number of halogens is 1. The van der Waals surface area contributed by atoms with Crippen molar-refractivity contribution < 1.29 is 0 Å². The van der Waals surface area contributed by atoms with Gasteiger partial charge in [-0.15, -0.1) is 11.3 Å². The van der Waals surface area contributed by atoms with Crippen LogP contribution in [0.15, 0.2) is 109 Å². The molecule has 1 aliphatic heterocycles. The number of hydrogen-bond acceptors (Lipinski definition) is 1. The topological polar surface area (TPSA) is 4.93 Å². The number of nitrogens with zero attached hydrogens (tertiary/aromatic N) is 1.